The molecule has 0 aliphatic heterocycles. The number of carbonyl (C=O) groups excluding carboxylic acids is 1. The van der Waals surface area contributed by atoms with Crippen molar-refractivity contribution in [2.75, 3.05) is 19.1 Å². The van der Waals surface area contributed by atoms with Gasteiger partial charge in [0.2, 0.25) is 0 Å². The Balaban J connectivity index is 2.85. The Hall–Kier alpha value is -1.16. The van der Waals surface area contributed by atoms with Gasteiger partial charge in [0, 0.05) is 12.7 Å². The van der Waals surface area contributed by atoms with Crippen LogP contribution < -0.4 is 9.64 Å². The number of methoxy groups -OCH3 is 1. The summed E-state index contributed by atoms with van der Waals surface area (Å²) >= 11 is 3.71. The molecule has 0 saturated heterocycles. The number of amides is 1. The third-order valence-electron chi connectivity index (χ3n) is 1.75. The Kier molecular flexibility index (Phi) is 3.19. The van der Waals surface area contributed by atoms with E-state index in [2.05, 4.69) is 12.6 Å². The molecule has 0 radical (unpaired) electrons. The smallest absolute Gasteiger partial charge is 0.282 e. The second kappa shape index (κ2) is 4.18. The average Bonchev–Trinajstić information content (AvgIpc) is 2.17. The molecule has 1 rings (SSSR count). The zero-order valence-corrected chi connectivity index (χ0v) is 8.41. The molecule has 0 atom stereocenters. The molecule has 0 aliphatic carbocycles. The fraction of sp³-hybridized carbons (Fsp3) is 0.222. The van der Waals surface area contributed by atoms with Gasteiger partial charge in [-0.05, 0) is 24.3 Å². The molecule has 0 heterocycles. The van der Waals surface area contributed by atoms with Crippen LogP contribution in [-0.4, -0.2) is 19.4 Å². The summed E-state index contributed by atoms with van der Waals surface area (Å²) in [5, 5.41) is -0.287. The van der Waals surface area contributed by atoms with Crippen LogP contribution >= 0.6 is 12.6 Å². The lowest BCUT2D eigenvalue weighted by Gasteiger charge is -2.13. The molecule has 4 heteroatoms. The molecule has 0 fully saturated rings. The van der Waals surface area contributed by atoms with Crippen molar-refractivity contribution in [1.82, 2.24) is 0 Å². The lowest BCUT2D eigenvalue weighted by atomic mass is 10.3. The molecule has 0 saturated carbocycles. The normalized spacial score (nSPS) is 9.46. The molecule has 13 heavy (non-hydrogen) atoms. The van der Waals surface area contributed by atoms with Crippen LogP contribution in [0, 0.1) is 0 Å². The van der Waals surface area contributed by atoms with E-state index in [1.54, 1.807) is 38.4 Å². The minimum absolute atomic E-state index is 0.287. The number of nitrogens with zero attached hydrogens (tertiary/aromatic N) is 1. The maximum absolute atomic E-state index is 10.9. The van der Waals surface area contributed by atoms with Gasteiger partial charge in [0.05, 0.1) is 7.11 Å². The van der Waals surface area contributed by atoms with Crippen LogP contribution in [0.15, 0.2) is 24.3 Å². The highest BCUT2D eigenvalue weighted by molar-refractivity contribution is 7.96. The van der Waals surface area contributed by atoms with Crippen LogP contribution in [0.5, 0.6) is 5.75 Å². The Morgan fingerprint density at radius 1 is 1.38 bits per heavy atom. The number of carbonyl (C=O) groups is 1. The zero-order chi connectivity index (χ0) is 9.84. The van der Waals surface area contributed by atoms with Gasteiger partial charge < -0.3 is 9.64 Å². The summed E-state index contributed by atoms with van der Waals surface area (Å²) in [6, 6.07) is 7.19. The quantitative estimate of drug-likeness (QED) is 0.736. The number of hydrogen-bond donors (Lipinski definition) is 1. The van der Waals surface area contributed by atoms with Crippen molar-refractivity contribution in [3.05, 3.63) is 24.3 Å². The van der Waals surface area contributed by atoms with Crippen LogP contribution in [0.4, 0.5) is 10.5 Å². The molecule has 0 aliphatic rings. The third-order valence-corrected chi connectivity index (χ3v) is 2.05. The molecule has 1 aromatic rings. The summed E-state index contributed by atoms with van der Waals surface area (Å²) in [6.45, 7) is 0. The molecule has 0 spiro atoms. The summed E-state index contributed by atoms with van der Waals surface area (Å²) in [5.41, 5.74) is 0.792. The molecule has 1 aromatic carbocycles. The van der Waals surface area contributed by atoms with Crippen molar-refractivity contribution < 1.29 is 9.53 Å². The predicted molar refractivity (Wildman–Crippen MR) is 55.8 cm³/mol. The van der Waals surface area contributed by atoms with E-state index >= 15 is 0 Å². The first-order valence-electron chi connectivity index (χ1n) is 3.76. The molecule has 0 N–H and O–H groups in total. The monoisotopic (exact) mass is 197 g/mol. The lowest BCUT2D eigenvalue weighted by molar-refractivity contribution is 0.266. The zero-order valence-electron chi connectivity index (χ0n) is 7.52. The fourth-order valence-electron chi connectivity index (χ4n) is 0.916. The van der Waals surface area contributed by atoms with Gasteiger partial charge in [0.1, 0.15) is 5.75 Å². The van der Waals surface area contributed by atoms with E-state index in [1.165, 1.54) is 4.90 Å². The SMILES string of the molecule is COc1ccc(N(C)C(=O)S)cc1. The molecular formula is C9H11NO2S. The Bertz CT molecular complexity index is 297. The van der Waals surface area contributed by atoms with Crippen molar-refractivity contribution in [1.29, 1.82) is 0 Å². The second-order valence-corrected chi connectivity index (χ2v) is 2.92. The standard InChI is InChI=1S/C9H11NO2S/c1-10(9(11)13)7-3-5-8(12-2)6-4-7/h3-6H,1-2H3,(H,11,13). The maximum Gasteiger partial charge on any atom is 0.282 e. The van der Waals surface area contributed by atoms with E-state index in [4.69, 9.17) is 4.74 Å². The highest BCUT2D eigenvalue weighted by Gasteiger charge is 2.05. The number of thiol groups is 1. The highest BCUT2D eigenvalue weighted by Crippen LogP contribution is 2.18. The molecule has 0 unspecified atom stereocenters. The van der Waals surface area contributed by atoms with Crippen LogP contribution in [-0.2, 0) is 0 Å². The van der Waals surface area contributed by atoms with E-state index in [-0.39, 0.29) is 5.24 Å². The van der Waals surface area contributed by atoms with Gasteiger partial charge in [-0.2, -0.15) is 0 Å². The van der Waals surface area contributed by atoms with Gasteiger partial charge in [0.25, 0.3) is 5.24 Å². The number of ether oxygens (including phenoxy) is 1. The van der Waals surface area contributed by atoms with Crippen molar-refractivity contribution in [3.8, 4) is 5.75 Å². The van der Waals surface area contributed by atoms with Gasteiger partial charge in [-0.1, -0.05) is 12.6 Å². The third kappa shape index (κ3) is 2.39. The van der Waals surface area contributed by atoms with Crippen molar-refractivity contribution >= 4 is 23.6 Å². The largest absolute Gasteiger partial charge is 0.497 e. The van der Waals surface area contributed by atoms with E-state index in [9.17, 15) is 4.79 Å². The summed E-state index contributed by atoms with van der Waals surface area (Å²) in [5.74, 6) is 0.767. The second-order valence-electron chi connectivity index (χ2n) is 2.54. The van der Waals surface area contributed by atoms with Gasteiger partial charge in [-0.3, -0.25) is 4.79 Å². The molecule has 1 amide bonds. The van der Waals surface area contributed by atoms with Crippen LogP contribution in [0.2, 0.25) is 0 Å². The number of anilines is 1. The van der Waals surface area contributed by atoms with Gasteiger partial charge >= 0.3 is 0 Å². The molecule has 0 aromatic heterocycles. The molecular weight excluding hydrogens is 186 g/mol. The van der Waals surface area contributed by atoms with Crippen LogP contribution in [0.25, 0.3) is 0 Å². The van der Waals surface area contributed by atoms with Crippen molar-refractivity contribution in [3.63, 3.8) is 0 Å². The van der Waals surface area contributed by atoms with Crippen LogP contribution in [0.3, 0.4) is 0 Å². The van der Waals surface area contributed by atoms with Gasteiger partial charge in [-0.15, -0.1) is 0 Å². The Labute approximate surface area is 82.7 Å². The fourth-order valence-corrected chi connectivity index (χ4v) is 1.03. The average molecular weight is 197 g/mol. The predicted octanol–water partition coefficient (Wildman–Crippen LogP) is 2.18. The highest BCUT2D eigenvalue weighted by atomic mass is 32.1. The minimum Gasteiger partial charge on any atom is -0.497 e. The first kappa shape index (κ1) is 9.92. The molecule has 0 bridgehead atoms. The van der Waals surface area contributed by atoms with Gasteiger partial charge in [-0.25, -0.2) is 0 Å². The minimum atomic E-state index is -0.287. The summed E-state index contributed by atoms with van der Waals surface area (Å²) < 4.78 is 4.99. The first-order valence-corrected chi connectivity index (χ1v) is 4.20. The molecule has 70 valence electrons. The summed E-state index contributed by atoms with van der Waals surface area (Å²) in [4.78, 5) is 12.3. The van der Waals surface area contributed by atoms with E-state index in [0.717, 1.165) is 11.4 Å². The topological polar surface area (TPSA) is 29.5 Å². The number of rotatable bonds is 2. The number of benzene rings is 1. The van der Waals surface area contributed by atoms with E-state index < -0.39 is 0 Å². The molecule has 3 nitrogen and oxygen atoms in total. The summed E-state index contributed by atoms with van der Waals surface area (Å²) in [6.07, 6.45) is 0. The Morgan fingerprint density at radius 2 is 1.92 bits per heavy atom. The van der Waals surface area contributed by atoms with Gasteiger partial charge in [0.15, 0.2) is 0 Å². The lowest BCUT2D eigenvalue weighted by Crippen LogP contribution is -2.19. The summed E-state index contributed by atoms with van der Waals surface area (Å²) in [7, 11) is 3.26. The van der Waals surface area contributed by atoms with Crippen molar-refractivity contribution in [2.24, 2.45) is 0 Å². The van der Waals surface area contributed by atoms with Crippen molar-refractivity contribution in [2.45, 2.75) is 0 Å². The maximum atomic E-state index is 10.9. The van der Waals surface area contributed by atoms with E-state index in [1.807, 2.05) is 0 Å². The Morgan fingerprint density at radius 3 is 2.31 bits per heavy atom. The number of hydrogen-bond acceptors (Lipinski definition) is 2. The van der Waals surface area contributed by atoms with E-state index in [0.29, 0.717) is 0 Å². The first-order chi connectivity index (χ1) is 6.15. The van der Waals surface area contributed by atoms with Crippen LogP contribution in [0.1, 0.15) is 0 Å².